The van der Waals surface area contributed by atoms with Crippen molar-refractivity contribution in [1.82, 2.24) is 5.32 Å². The Morgan fingerprint density at radius 3 is 2.60 bits per heavy atom. The van der Waals surface area contributed by atoms with E-state index >= 15 is 0 Å². The van der Waals surface area contributed by atoms with Crippen LogP contribution in [0.25, 0.3) is 10.8 Å². The second-order valence-corrected chi connectivity index (χ2v) is 9.26. The topological polar surface area (TPSA) is 58.6 Å². The number of hydrogen-bond acceptors (Lipinski definition) is 3. The van der Waals surface area contributed by atoms with Gasteiger partial charge in [0.15, 0.2) is 0 Å². The molecule has 4 aromatic rings. The van der Waals surface area contributed by atoms with E-state index in [2.05, 4.69) is 18.3 Å². The molecule has 4 nitrogen and oxygen atoms in total. The standard InChI is InChI=1S/C30H28FNO3/c1-18-11-12-20(15-26(18)30(33)34)27-16-21(35-29-10-6-5-9-25(27)29)17-32-19(2)22-13-14-28(31)24-8-4-3-7-23(22)24/h3-15,19,21,27,32H,16-17H2,1-2H3,(H,33,34). The molecule has 0 saturated heterocycles. The Bertz CT molecular complexity index is 1400. The van der Waals surface area contributed by atoms with Gasteiger partial charge in [-0.05, 0) is 60.5 Å². The summed E-state index contributed by atoms with van der Waals surface area (Å²) in [6.45, 7) is 4.50. The number of aryl methyl sites for hydroxylation is 1. The summed E-state index contributed by atoms with van der Waals surface area (Å²) in [5, 5.41) is 14.7. The molecule has 35 heavy (non-hydrogen) atoms. The SMILES string of the molecule is Cc1ccc(C2CC(CNC(C)c3ccc(F)c4ccccc34)Oc3ccccc32)cc1C(=O)O. The molecule has 5 rings (SSSR count). The first-order valence-electron chi connectivity index (χ1n) is 11.9. The van der Waals surface area contributed by atoms with Gasteiger partial charge in [0.2, 0.25) is 0 Å². The molecule has 0 amide bonds. The molecule has 4 aromatic carbocycles. The van der Waals surface area contributed by atoms with Gasteiger partial charge in [-0.3, -0.25) is 0 Å². The van der Waals surface area contributed by atoms with Gasteiger partial charge in [-0.25, -0.2) is 9.18 Å². The van der Waals surface area contributed by atoms with Crippen molar-refractivity contribution < 1.29 is 19.0 Å². The van der Waals surface area contributed by atoms with Crippen molar-refractivity contribution in [3.8, 4) is 5.75 Å². The molecule has 3 atom stereocenters. The first-order valence-corrected chi connectivity index (χ1v) is 11.9. The molecular weight excluding hydrogens is 441 g/mol. The van der Waals surface area contributed by atoms with Crippen LogP contribution in [0.3, 0.4) is 0 Å². The van der Waals surface area contributed by atoms with E-state index in [9.17, 15) is 14.3 Å². The quantitative estimate of drug-likeness (QED) is 0.333. The molecular formula is C30H28FNO3. The zero-order valence-electron chi connectivity index (χ0n) is 19.8. The van der Waals surface area contributed by atoms with Crippen LogP contribution in [0.5, 0.6) is 5.75 Å². The summed E-state index contributed by atoms with van der Waals surface area (Å²) in [4.78, 5) is 11.7. The van der Waals surface area contributed by atoms with E-state index in [-0.39, 0.29) is 23.9 Å². The molecule has 0 fully saturated rings. The van der Waals surface area contributed by atoms with E-state index in [0.29, 0.717) is 17.5 Å². The second kappa shape index (κ2) is 9.51. The van der Waals surface area contributed by atoms with Crippen LogP contribution in [0, 0.1) is 12.7 Å². The van der Waals surface area contributed by atoms with Gasteiger partial charge in [0.1, 0.15) is 17.7 Å². The molecule has 0 saturated carbocycles. The lowest BCUT2D eigenvalue weighted by atomic mass is 9.83. The Morgan fingerprint density at radius 1 is 1.06 bits per heavy atom. The Labute approximate surface area is 204 Å². The number of carboxylic acid groups (broad SMARTS) is 1. The summed E-state index contributed by atoms with van der Waals surface area (Å²) < 4.78 is 20.6. The minimum Gasteiger partial charge on any atom is -0.489 e. The molecule has 0 bridgehead atoms. The number of nitrogens with one attached hydrogen (secondary N) is 1. The van der Waals surface area contributed by atoms with Crippen LogP contribution in [0.4, 0.5) is 4.39 Å². The Kier molecular flexibility index (Phi) is 6.27. The van der Waals surface area contributed by atoms with E-state index in [0.717, 1.165) is 39.8 Å². The average molecular weight is 470 g/mol. The highest BCUT2D eigenvalue weighted by Gasteiger charge is 2.30. The van der Waals surface area contributed by atoms with Crippen LogP contribution in [-0.4, -0.2) is 23.7 Å². The van der Waals surface area contributed by atoms with Gasteiger partial charge in [-0.15, -0.1) is 0 Å². The summed E-state index contributed by atoms with van der Waals surface area (Å²) in [6, 6.07) is 24.6. The number of para-hydroxylation sites is 1. The summed E-state index contributed by atoms with van der Waals surface area (Å²) in [5.41, 5.74) is 4.17. The van der Waals surface area contributed by atoms with Crippen LogP contribution >= 0.6 is 0 Å². The molecule has 0 aromatic heterocycles. The maximum Gasteiger partial charge on any atom is 0.335 e. The highest BCUT2D eigenvalue weighted by atomic mass is 19.1. The van der Waals surface area contributed by atoms with Gasteiger partial charge in [-0.2, -0.15) is 0 Å². The first kappa shape index (κ1) is 23.1. The molecule has 0 radical (unpaired) electrons. The molecule has 2 N–H and O–H groups in total. The third-order valence-corrected chi connectivity index (χ3v) is 7.00. The van der Waals surface area contributed by atoms with Crippen molar-refractivity contribution in [3.05, 3.63) is 112 Å². The van der Waals surface area contributed by atoms with Crippen LogP contribution < -0.4 is 10.1 Å². The smallest absolute Gasteiger partial charge is 0.335 e. The molecule has 1 aliphatic heterocycles. The monoisotopic (exact) mass is 469 g/mol. The lowest BCUT2D eigenvalue weighted by Gasteiger charge is -2.33. The number of ether oxygens (including phenoxy) is 1. The van der Waals surface area contributed by atoms with Crippen molar-refractivity contribution in [1.29, 1.82) is 0 Å². The fourth-order valence-electron chi connectivity index (χ4n) is 5.10. The largest absolute Gasteiger partial charge is 0.489 e. The predicted octanol–water partition coefficient (Wildman–Crippen LogP) is 6.62. The van der Waals surface area contributed by atoms with E-state index < -0.39 is 5.97 Å². The third-order valence-electron chi connectivity index (χ3n) is 7.00. The highest BCUT2D eigenvalue weighted by Crippen LogP contribution is 2.41. The minimum absolute atomic E-state index is 0.00212. The lowest BCUT2D eigenvalue weighted by molar-refractivity contribution is 0.0696. The van der Waals surface area contributed by atoms with Crippen molar-refractivity contribution in [2.75, 3.05) is 6.54 Å². The Balaban J connectivity index is 1.39. The van der Waals surface area contributed by atoms with Gasteiger partial charge in [-0.1, -0.05) is 60.7 Å². The maximum atomic E-state index is 14.3. The molecule has 3 unspecified atom stereocenters. The first-order chi connectivity index (χ1) is 16.9. The molecule has 1 heterocycles. The van der Waals surface area contributed by atoms with E-state index in [1.165, 1.54) is 6.07 Å². The number of carbonyl (C=O) groups is 1. The number of halogens is 1. The number of hydrogen-bond donors (Lipinski definition) is 2. The molecule has 1 aliphatic rings. The van der Waals surface area contributed by atoms with Crippen molar-refractivity contribution in [2.45, 2.75) is 38.3 Å². The van der Waals surface area contributed by atoms with Gasteiger partial charge in [0.05, 0.1) is 5.56 Å². The summed E-state index contributed by atoms with van der Waals surface area (Å²) >= 11 is 0. The highest BCUT2D eigenvalue weighted by molar-refractivity contribution is 5.89. The van der Waals surface area contributed by atoms with E-state index in [4.69, 9.17) is 4.74 Å². The fraction of sp³-hybridized carbons (Fsp3) is 0.233. The molecule has 178 valence electrons. The maximum absolute atomic E-state index is 14.3. The number of rotatable bonds is 6. The van der Waals surface area contributed by atoms with Gasteiger partial charge < -0.3 is 15.2 Å². The Hall–Kier alpha value is -3.70. The number of benzene rings is 4. The average Bonchev–Trinajstić information content (AvgIpc) is 2.87. The fourth-order valence-corrected chi connectivity index (χ4v) is 5.10. The van der Waals surface area contributed by atoms with Crippen LogP contribution in [-0.2, 0) is 0 Å². The van der Waals surface area contributed by atoms with Crippen LogP contribution in [0.2, 0.25) is 0 Å². The van der Waals surface area contributed by atoms with Gasteiger partial charge >= 0.3 is 5.97 Å². The summed E-state index contributed by atoms with van der Waals surface area (Å²) in [5.74, 6) is -0.269. The van der Waals surface area contributed by atoms with Crippen molar-refractivity contribution >= 4 is 16.7 Å². The predicted molar refractivity (Wildman–Crippen MR) is 136 cm³/mol. The summed E-state index contributed by atoms with van der Waals surface area (Å²) in [7, 11) is 0. The zero-order chi connectivity index (χ0) is 24.5. The number of carboxylic acids is 1. The lowest BCUT2D eigenvalue weighted by Crippen LogP contribution is -2.37. The van der Waals surface area contributed by atoms with Gasteiger partial charge in [0, 0.05) is 29.5 Å². The second-order valence-electron chi connectivity index (χ2n) is 9.26. The van der Waals surface area contributed by atoms with Crippen LogP contribution in [0.1, 0.15) is 57.9 Å². The molecule has 0 aliphatic carbocycles. The normalized spacial score (nSPS) is 18.0. The van der Waals surface area contributed by atoms with Crippen molar-refractivity contribution in [3.63, 3.8) is 0 Å². The molecule has 0 spiro atoms. The van der Waals surface area contributed by atoms with Gasteiger partial charge in [0.25, 0.3) is 0 Å². The van der Waals surface area contributed by atoms with Crippen molar-refractivity contribution in [2.24, 2.45) is 0 Å². The minimum atomic E-state index is -0.914. The van der Waals surface area contributed by atoms with E-state index in [1.807, 2.05) is 61.5 Å². The summed E-state index contributed by atoms with van der Waals surface area (Å²) in [6.07, 6.45) is 0.627. The molecule has 5 heteroatoms. The van der Waals surface area contributed by atoms with E-state index in [1.54, 1.807) is 12.1 Å². The third kappa shape index (κ3) is 4.52. The number of fused-ring (bicyclic) bond motifs is 2. The zero-order valence-corrected chi connectivity index (χ0v) is 19.8. The Morgan fingerprint density at radius 2 is 1.80 bits per heavy atom. The number of aromatic carboxylic acids is 1. The van der Waals surface area contributed by atoms with Crippen LogP contribution in [0.15, 0.2) is 78.9 Å².